The average molecular weight is 714 g/mol. The van der Waals surface area contributed by atoms with Crippen LogP contribution in [0.1, 0.15) is 169 Å². The SMILES string of the molecule is Cc1cc(C=Nc2c(C(C)C)cc(C(C)C)cc2C(C)C)nc(C=Nc2c(C(C)C)cc(C(C)C)cc2C(C)C)c1.[Cl-].[Cl-].[Cl-].[Fe+3]. The number of benzene rings is 2. The van der Waals surface area contributed by atoms with E-state index in [4.69, 9.17) is 15.0 Å². The third kappa shape index (κ3) is 11.8. The van der Waals surface area contributed by atoms with Crippen molar-refractivity contribution in [3.8, 4) is 0 Å². The molecule has 0 atom stereocenters. The summed E-state index contributed by atoms with van der Waals surface area (Å²) < 4.78 is 0. The molecule has 7 heteroatoms. The van der Waals surface area contributed by atoms with Gasteiger partial charge in [0.05, 0.1) is 35.2 Å². The first-order valence-electron chi connectivity index (χ1n) is 15.6. The molecule has 2 aromatic carbocycles. The Morgan fingerprint density at radius 2 is 0.733 bits per heavy atom. The van der Waals surface area contributed by atoms with Gasteiger partial charge in [-0.2, -0.15) is 0 Å². The van der Waals surface area contributed by atoms with Crippen molar-refractivity contribution in [1.82, 2.24) is 4.98 Å². The second-order valence-electron chi connectivity index (χ2n) is 13.5. The van der Waals surface area contributed by atoms with Crippen LogP contribution in [-0.2, 0) is 17.1 Å². The monoisotopic (exact) mass is 712 g/mol. The first-order chi connectivity index (χ1) is 19.2. The Kier molecular flexibility index (Phi) is 20.1. The van der Waals surface area contributed by atoms with E-state index in [1.165, 1.54) is 33.4 Å². The van der Waals surface area contributed by atoms with E-state index in [-0.39, 0.29) is 54.3 Å². The van der Waals surface area contributed by atoms with E-state index < -0.39 is 0 Å². The van der Waals surface area contributed by atoms with E-state index in [0.717, 1.165) is 28.3 Å². The van der Waals surface area contributed by atoms with Gasteiger partial charge in [0.2, 0.25) is 0 Å². The molecular weight excluding hydrogens is 661 g/mol. The van der Waals surface area contributed by atoms with Gasteiger partial charge in [0, 0.05) is 0 Å². The maximum Gasteiger partial charge on any atom is 3.00 e. The van der Waals surface area contributed by atoms with Gasteiger partial charge < -0.3 is 37.2 Å². The van der Waals surface area contributed by atoms with Crippen molar-refractivity contribution in [2.45, 2.75) is 126 Å². The summed E-state index contributed by atoms with van der Waals surface area (Å²) in [5.74, 6) is 2.52. The van der Waals surface area contributed by atoms with Gasteiger partial charge in [-0.1, -0.05) is 107 Å². The van der Waals surface area contributed by atoms with E-state index >= 15 is 0 Å². The first kappa shape index (κ1) is 45.4. The van der Waals surface area contributed by atoms with Crippen LogP contribution in [0.15, 0.2) is 46.4 Å². The first-order valence-corrected chi connectivity index (χ1v) is 15.6. The average Bonchev–Trinajstić information content (AvgIpc) is 2.88. The van der Waals surface area contributed by atoms with Crippen LogP contribution in [0.25, 0.3) is 0 Å². The summed E-state index contributed by atoms with van der Waals surface area (Å²) in [5, 5.41) is 0. The molecule has 249 valence electrons. The van der Waals surface area contributed by atoms with Crippen LogP contribution < -0.4 is 37.2 Å². The van der Waals surface area contributed by atoms with Crippen LogP contribution in [0, 0.1) is 6.92 Å². The molecule has 1 radical (unpaired) electrons. The van der Waals surface area contributed by atoms with Gasteiger partial charge in [-0.25, -0.2) is 4.98 Å². The molecule has 0 amide bonds. The molecule has 0 fully saturated rings. The quantitative estimate of drug-likeness (QED) is 0.236. The summed E-state index contributed by atoms with van der Waals surface area (Å²) in [6, 6.07) is 13.6. The van der Waals surface area contributed by atoms with Crippen LogP contribution in [-0.4, -0.2) is 17.4 Å². The van der Waals surface area contributed by atoms with Crippen LogP contribution in [0.4, 0.5) is 11.4 Å². The molecule has 0 bridgehead atoms. The maximum atomic E-state index is 5.09. The fourth-order valence-corrected chi connectivity index (χ4v) is 5.25. The molecule has 0 saturated carbocycles. The van der Waals surface area contributed by atoms with Crippen LogP contribution in [0.2, 0.25) is 0 Å². The zero-order chi connectivity index (χ0) is 30.6. The molecule has 0 saturated heterocycles. The van der Waals surface area contributed by atoms with E-state index in [0.29, 0.717) is 35.5 Å². The minimum Gasteiger partial charge on any atom is -1.00 e. The van der Waals surface area contributed by atoms with E-state index in [2.05, 4.69) is 126 Å². The van der Waals surface area contributed by atoms with Gasteiger partial charge in [-0.3, -0.25) is 9.98 Å². The van der Waals surface area contributed by atoms with Crippen molar-refractivity contribution in [1.29, 1.82) is 0 Å². The number of hydrogen-bond donors (Lipinski definition) is 0. The summed E-state index contributed by atoms with van der Waals surface area (Å²) in [5.41, 5.74) is 13.0. The maximum absolute atomic E-state index is 5.09. The normalized spacial score (nSPS) is 11.5. The van der Waals surface area contributed by atoms with Gasteiger partial charge in [-0.15, -0.1) is 0 Å². The Labute approximate surface area is 303 Å². The Hall–Kier alpha value is -1.68. The number of pyridine rings is 1. The zero-order valence-electron chi connectivity index (χ0n) is 29.4. The van der Waals surface area contributed by atoms with E-state index in [9.17, 15) is 0 Å². The third-order valence-electron chi connectivity index (χ3n) is 7.86. The van der Waals surface area contributed by atoms with Crippen molar-refractivity contribution >= 4 is 23.8 Å². The summed E-state index contributed by atoms with van der Waals surface area (Å²) in [4.78, 5) is 15.1. The molecule has 45 heavy (non-hydrogen) atoms. The van der Waals surface area contributed by atoms with Gasteiger partial charge in [0.25, 0.3) is 0 Å². The van der Waals surface area contributed by atoms with Crippen LogP contribution in [0.5, 0.6) is 0 Å². The molecule has 1 aromatic heterocycles. The molecule has 3 aromatic rings. The minimum atomic E-state index is 0. The van der Waals surface area contributed by atoms with Gasteiger partial charge in [0.1, 0.15) is 0 Å². The van der Waals surface area contributed by atoms with Gasteiger partial charge in [-0.05, 0) is 93.5 Å². The summed E-state index contributed by atoms with van der Waals surface area (Å²) in [6.07, 6.45) is 3.87. The molecular formula is C38H53Cl3FeN3. The predicted octanol–water partition coefficient (Wildman–Crippen LogP) is 2.64. The zero-order valence-corrected chi connectivity index (χ0v) is 32.8. The molecule has 3 rings (SSSR count). The Balaban J connectivity index is 0. The molecule has 0 aliphatic heterocycles. The van der Waals surface area contributed by atoms with Gasteiger partial charge >= 0.3 is 17.1 Å². The van der Waals surface area contributed by atoms with Crippen molar-refractivity contribution in [3.63, 3.8) is 0 Å². The number of aryl methyl sites for hydroxylation is 1. The molecule has 1 heterocycles. The predicted molar refractivity (Wildman–Crippen MR) is 181 cm³/mol. The smallest absolute Gasteiger partial charge is 1.00 e. The largest absolute Gasteiger partial charge is 3.00 e. The summed E-state index contributed by atoms with van der Waals surface area (Å²) in [7, 11) is 0. The third-order valence-corrected chi connectivity index (χ3v) is 7.86. The fraction of sp³-hybridized carbons (Fsp3) is 0.500. The Bertz CT molecular complexity index is 1260. The fourth-order valence-electron chi connectivity index (χ4n) is 5.25. The molecule has 0 unspecified atom stereocenters. The Morgan fingerprint density at radius 1 is 0.467 bits per heavy atom. The summed E-state index contributed by atoms with van der Waals surface area (Å²) in [6.45, 7) is 29.2. The number of nitrogens with zero attached hydrogens (tertiary/aromatic N) is 3. The number of rotatable bonds is 10. The van der Waals surface area contributed by atoms with Crippen molar-refractivity contribution in [2.24, 2.45) is 9.98 Å². The second-order valence-corrected chi connectivity index (χ2v) is 13.5. The van der Waals surface area contributed by atoms with Crippen LogP contribution >= 0.6 is 0 Å². The van der Waals surface area contributed by atoms with Crippen LogP contribution in [0.3, 0.4) is 0 Å². The molecule has 3 nitrogen and oxygen atoms in total. The number of aliphatic imine (C=N–C) groups is 2. The van der Waals surface area contributed by atoms with Crippen molar-refractivity contribution in [2.75, 3.05) is 0 Å². The second kappa shape index (κ2) is 19.9. The number of halogens is 3. The van der Waals surface area contributed by atoms with Crippen molar-refractivity contribution in [3.05, 3.63) is 86.7 Å². The number of hydrogen-bond acceptors (Lipinski definition) is 3. The Morgan fingerprint density at radius 3 is 0.956 bits per heavy atom. The minimum absolute atomic E-state index is 0. The molecule has 0 N–H and O–H groups in total. The van der Waals surface area contributed by atoms with Crippen molar-refractivity contribution < 1.29 is 54.3 Å². The topological polar surface area (TPSA) is 37.6 Å². The molecule has 0 aliphatic carbocycles. The van der Waals surface area contributed by atoms with E-state index in [1.807, 2.05) is 12.4 Å². The molecule has 0 aliphatic rings. The van der Waals surface area contributed by atoms with E-state index in [1.54, 1.807) is 0 Å². The number of aromatic nitrogens is 1. The standard InChI is InChI=1S/C38H53N3.3ClH.Fe/c1-22(2)29-16-33(24(5)6)37(34(17-29)25(7)8)39-20-31-14-28(13)15-32(41-31)21-40-38-35(26(9)10)18-30(23(3)4)19-36(38)27(11)12;;;;/h14-27H,1-13H3;3*1H;/q;;;;+3/p-3. The molecule has 0 spiro atoms. The summed E-state index contributed by atoms with van der Waals surface area (Å²) >= 11 is 0. The van der Waals surface area contributed by atoms with Gasteiger partial charge in [0.15, 0.2) is 0 Å².